The molecule has 0 aliphatic rings. The molecule has 0 radical (unpaired) electrons. The maximum atomic E-state index is 11.6. The Morgan fingerprint density at radius 1 is 1.42 bits per heavy atom. The maximum absolute atomic E-state index is 11.6. The van der Waals surface area contributed by atoms with E-state index in [0.29, 0.717) is 12.5 Å². The van der Waals surface area contributed by atoms with Crippen LogP contribution in [0.5, 0.6) is 5.75 Å². The third kappa shape index (κ3) is 3.96. The number of carbonyl (C=O) groups is 1. The lowest BCUT2D eigenvalue weighted by molar-refractivity contribution is -0.130. The summed E-state index contributed by atoms with van der Waals surface area (Å²) in [6, 6.07) is 7.96. The fraction of sp³-hybridized carbons (Fsp3) is 0.533. The van der Waals surface area contributed by atoms with E-state index in [2.05, 4.69) is 25.3 Å². The summed E-state index contributed by atoms with van der Waals surface area (Å²) >= 11 is 0. The molecule has 1 rings (SSSR count). The number of hydrazine groups is 1. The Balaban J connectivity index is 2.81. The first-order valence-electron chi connectivity index (χ1n) is 6.65. The number of ether oxygens (including phenoxy) is 1. The highest BCUT2D eigenvalue weighted by Gasteiger charge is 2.28. The topological polar surface area (TPSA) is 64.3 Å². The summed E-state index contributed by atoms with van der Waals surface area (Å²) in [5, 5.41) is 0. The van der Waals surface area contributed by atoms with Crippen LogP contribution in [0.1, 0.15) is 45.6 Å². The fourth-order valence-electron chi connectivity index (χ4n) is 1.76. The standard InChI is InChI=1S/C15H24N2O2/c1-5-11(2)12-8-6-7-9-13(12)19-10-15(3,4)14(18)17-16/h6-9,11H,5,10,16H2,1-4H3,(H,17,18). The van der Waals surface area contributed by atoms with E-state index in [1.54, 1.807) is 13.8 Å². The molecule has 1 aromatic rings. The van der Waals surface area contributed by atoms with Crippen LogP contribution in [0.25, 0.3) is 0 Å². The number of nitrogens with two attached hydrogens (primary N) is 1. The number of rotatable bonds is 6. The van der Waals surface area contributed by atoms with Crippen molar-refractivity contribution in [3.63, 3.8) is 0 Å². The number of nitrogens with one attached hydrogen (secondary N) is 1. The Kier molecular flexibility index (Phi) is 5.36. The van der Waals surface area contributed by atoms with Crippen LogP contribution in [0.4, 0.5) is 0 Å². The molecule has 3 N–H and O–H groups in total. The van der Waals surface area contributed by atoms with Gasteiger partial charge in [0.05, 0.1) is 5.41 Å². The van der Waals surface area contributed by atoms with E-state index in [1.165, 1.54) is 5.56 Å². The summed E-state index contributed by atoms with van der Waals surface area (Å²) in [7, 11) is 0. The molecule has 0 fully saturated rings. The molecule has 1 atom stereocenters. The Labute approximate surface area is 115 Å². The average Bonchev–Trinajstić information content (AvgIpc) is 2.43. The first-order chi connectivity index (χ1) is 8.92. The van der Waals surface area contributed by atoms with E-state index in [0.717, 1.165) is 12.2 Å². The molecule has 0 saturated carbocycles. The van der Waals surface area contributed by atoms with E-state index in [4.69, 9.17) is 10.6 Å². The van der Waals surface area contributed by atoms with Crippen molar-refractivity contribution >= 4 is 5.91 Å². The molecule has 4 nitrogen and oxygen atoms in total. The zero-order chi connectivity index (χ0) is 14.5. The molecule has 19 heavy (non-hydrogen) atoms. The minimum absolute atomic E-state index is 0.228. The van der Waals surface area contributed by atoms with Crippen LogP contribution in [0.2, 0.25) is 0 Å². The van der Waals surface area contributed by atoms with E-state index in [9.17, 15) is 4.79 Å². The van der Waals surface area contributed by atoms with Crippen molar-refractivity contribution in [2.75, 3.05) is 6.61 Å². The van der Waals surface area contributed by atoms with Gasteiger partial charge in [0.2, 0.25) is 5.91 Å². The van der Waals surface area contributed by atoms with Gasteiger partial charge in [0.25, 0.3) is 0 Å². The quantitative estimate of drug-likeness (QED) is 0.471. The molecule has 1 aromatic carbocycles. The summed E-state index contributed by atoms with van der Waals surface area (Å²) in [5.41, 5.74) is 2.69. The number of para-hydroxylation sites is 1. The number of carbonyl (C=O) groups excluding carboxylic acids is 1. The Bertz CT molecular complexity index is 430. The first-order valence-corrected chi connectivity index (χ1v) is 6.65. The Morgan fingerprint density at radius 2 is 2.05 bits per heavy atom. The second kappa shape index (κ2) is 6.57. The van der Waals surface area contributed by atoms with E-state index in [1.807, 2.05) is 18.2 Å². The van der Waals surface area contributed by atoms with Gasteiger partial charge in [-0.25, -0.2) is 5.84 Å². The van der Waals surface area contributed by atoms with Crippen molar-refractivity contribution in [3.8, 4) is 5.75 Å². The van der Waals surface area contributed by atoms with Gasteiger partial charge in [-0.15, -0.1) is 0 Å². The summed E-state index contributed by atoms with van der Waals surface area (Å²) in [4.78, 5) is 11.6. The summed E-state index contributed by atoms with van der Waals surface area (Å²) in [6.07, 6.45) is 1.05. The van der Waals surface area contributed by atoms with Gasteiger partial charge in [0.15, 0.2) is 0 Å². The zero-order valence-electron chi connectivity index (χ0n) is 12.2. The Hall–Kier alpha value is -1.55. The minimum Gasteiger partial charge on any atom is -0.492 e. The maximum Gasteiger partial charge on any atom is 0.242 e. The number of hydrogen-bond acceptors (Lipinski definition) is 3. The van der Waals surface area contributed by atoms with Crippen molar-refractivity contribution in [3.05, 3.63) is 29.8 Å². The second-order valence-electron chi connectivity index (χ2n) is 5.49. The minimum atomic E-state index is -0.655. The molecule has 1 amide bonds. The lowest BCUT2D eigenvalue weighted by Gasteiger charge is -2.24. The highest BCUT2D eigenvalue weighted by Crippen LogP contribution is 2.29. The highest BCUT2D eigenvalue weighted by molar-refractivity contribution is 5.81. The van der Waals surface area contributed by atoms with Crippen LogP contribution >= 0.6 is 0 Å². The molecule has 0 bridgehead atoms. The van der Waals surface area contributed by atoms with Crippen molar-refractivity contribution in [1.29, 1.82) is 0 Å². The van der Waals surface area contributed by atoms with Crippen LogP contribution < -0.4 is 16.0 Å². The molecule has 0 aliphatic heterocycles. The van der Waals surface area contributed by atoms with Crippen molar-refractivity contribution in [1.82, 2.24) is 5.43 Å². The van der Waals surface area contributed by atoms with Crippen LogP contribution in [0.3, 0.4) is 0 Å². The van der Waals surface area contributed by atoms with Crippen molar-refractivity contribution in [2.45, 2.75) is 40.0 Å². The van der Waals surface area contributed by atoms with Gasteiger partial charge < -0.3 is 4.74 Å². The lowest BCUT2D eigenvalue weighted by Crippen LogP contribution is -2.44. The predicted octanol–water partition coefficient (Wildman–Crippen LogP) is 2.59. The fourth-order valence-corrected chi connectivity index (χ4v) is 1.76. The zero-order valence-corrected chi connectivity index (χ0v) is 12.2. The van der Waals surface area contributed by atoms with Crippen LogP contribution in [-0.2, 0) is 4.79 Å². The van der Waals surface area contributed by atoms with Crippen LogP contribution in [-0.4, -0.2) is 12.5 Å². The van der Waals surface area contributed by atoms with Gasteiger partial charge in [-0.05, 0) is 37.8 Å². The van der Waals surface area contributed by atoms with Gasteiger partial charge in [-0.1, -0.05) is 32.0 Å². The lowest BCUT2D eigenvalue weighted by atomic mass is 9.93. The highest BCUT2D eigenvalue weighted by atomic mass is 16.5. The summed E-state index contributed by atoms with van der Waals surface area (Å²) < 4.78 is 5.83. The number of benzene rings is 1. The molecule has 106 valence electrons. The number of amides is 1. The Morgan fingerprint density at radius 3 is 2.63 bits per heavy atom. The normalized spacial score (nSPS) is 12.9. The molecule has 0 spiro atoms. The van der Waals surface area contributed by atoms with Gasteiger partial charge in [0, 0.05) is 0 Å². The van der Waals surface area contributed by atoms with Gasteiger partial charge in [-0.2, -0.15) is 0 Å². The van der Waals surface area contributed by atoms with Crippen molar-refractivity contribution in [2.24, 2.45) is 11.3 Å². The van der Waals surface area contributed by atoms with Crippen LogP contribution in [0.15, 0.2) is 24.3 Å². The molecule has 1 unspecified atom stereocenters. The number of hydrogen-bond donors (Lipinski definition) is 2. The van der Waals surface area contributed by atoms with Gasteiger partial charge in [-0.3, -0.25) is 10.2 Å². The monoisotopic (exact) mass is 264 g/mol. The third-order valence-corrected chi connectivity index (χ3v) is 3.40. The molecular formula is C15H24N2O2. The average molecular weight is 264 g/mol. The van der Waals surface area contributed by atoms with Crippen LogP contribution in [0, 0.1) is 5.41 Å². The molecule has 0 aliphatic carbocycles. The van der Waals surface area contributed by atoms with Gasteiger partial charge in [0.1, 0.15) is 12.4 Å². The predicted molar refractivity (Wildman–Crippen MR) is 76.8 cm³/mol. The largest absolute Gasteiger partial charge is 0.492 e. The van der Waals surface area contributed by atoms with Crippen molar-refractivity contribution < 1.29 is 9.53 Å². The third-order valence-electron chi connectivity index (χ3n) is 3.40. The van der Waals surface area contributed by atoms with E-state index in [-0.39, 0.29) is 5.91 Å². The molecule has 0 heterocycles. The smallest absolute Gasteiger partial charge is 0.242 e. The van der Waals surface area contributed by atoms with E-state index >= 15 is 0 Å². The second-order valence-corrected chi connectivity index (χ2v) is 5.49. The van der Waals surface area contributed by atoms with E-state index < -0.39 is 5.41 Å². The molecule has 0 aromatic heterocycles. The molecular weight excluding hydrogens is 240 g/mol. The molecule has 4 heteroatoms. The molecule has 0 saturated heterocycles. The summed E-state index contributed by atoms with van der Waals surface area (Å²) in [6.45, 7) is 8.22. The first kappa shape index (κ1) is 15.5. The summed E-state index contributed by atoms with van der Waals surface area (Å²) in [5.74, 6) is 6.22. The SMILES string of the molecule is CCC(C)c1ccccc1OCC(C)(C)C(=O)NN. The van der Waals surface area contributed by atoms with Gasteiger partial charge >= 0.3 is 0 Å².